The quantitative estimate of drug-likeness (QED) is 0.392. The Balaban J connectivity index is 1.89. The lowest BCUT2D eigenvalue weighted by molar-refractivity contribution is -0.137. The molecule has 0 aliphatic carbocycles. The average Bonchev–Trinajstić information content (AvgIpc) is 2.75. The topological polar surface area (TPSA) is 121 Å². The van der Waals surface area contributed by atoms with Crippen LogP contribution in [0.1, 0.15) is 30.9 Å². The highest BCUT2D eigenvalue weighted by Crippen LogP contribution is 2.32. The van der Waals surface area contributed by atoms with Gasteiger partial charge >= 0.3 is 5.97 Å². The van der Waals surface area contributed by atoms with E-state index in [4.69, 9.17) is 16.7 Å². The summed E-state index contributed by atoms with van der Waals surface area (Å²) in [5.74, 6) is -0.555. The zero-order valence-corrected chi connectivity index (χ0v) is 20.0. The maximum Gasteiger partial charge on any atom is 0.305 e. The van der Waals surface area contributed by atoms with Gasteiger partial charge in [0, 0.05) is 23.9 Å². The molecule has 8 nitrogen and oxygen atoms in total. The summed E-state index contributed by atoms with van der Waals surface area (Å²) in [6.07, 6.45) is 1.78. The van der Waals surface area contributed by atoms with Crippen molar-refractivity contribution in [3.63, 3.8) is 0 Å². The monoisotopic (exact) mass is 488 g/mol. The zero-order valence-electron chi connectivity index (χ0n) is 18.5. The third kappa shape index (κ3) is 6.00. The van der Waals surface area contributed by atoms with Gasteiger partial charge in [0.2, 0.25) is 0 Å². The lowest BCUT2D eigenvalue weighted by Crippen LogP contribution is -2.23. The van der Waals surface area contributed by atoms with Crippen LogP contribution in [-0.4, -0.2) is 35.5 Å². The molecule has 1 unspecified atom stereocenters. The van der Waals surface area contributed by atoms with E-state index < -0.39 is 16.0 Å². The first-order valence-corrected chi connectivity index (χ1v) is 12.2. The fourth-order valence-corrected chi connectivity index (χ4v) is 4.65. The van der Waals surface area contributed by atoms with E-state index >= 15 is 0 Å². The van der Waals surface area contributed by atoms with Gasteiger partial charge in [-0.05, 0) is 49.6 Å². The molecule has 0 saturated heterocycles. The van der Waals surface area contributed by atoms with E-state index in [1.807, 2.05) is 39.0 Å². The highest BCUT2D eigenvalue weighted by molar-refractivity contribution is 7.92. The molecule has 3 rings (SSSR count). The number of nitrogens with zero attached hydrogens (tertiary/aromatic N) is 2. The van der Waals surface area contributed by atoms with Crippen LogP contribution in [0.15, 0.2) is 53.6 Å². The smallest absolute Gasteiger partial charge is 0.305 e. The van der Waals surface area contributed by atoms with Crippen molar-refractivity contribution in [1.29, 1.82) is 0 Å². The summed E-state index contributed by atoms with van der Waals surface area (Å²) >= 11 is 6.38. The van der Waals surface area contributed by atoms with Gasteiger partial charge in [-0.3, -0.25) is 9.52 Å². The largest absolute Gasteiger partial charge is 0.481 e. The van der Waals surface area contributed by atoms with Gasteiger partial charge in [-0.25, -0.2) is 18.4 Å². The van der Waals surface area contributed by atoms with Gasteiger partial charge in [-0.1, -0.05) is 36.7 Å². The van der Waals surface area contributed by atoms with Crippen LogP contribution in [0.2, 0.25) is 5.02 Å². The second-order valence-corrected chi connectivity index (χ2v) is 9.71. The van der Waals surface area contributed by atoms with Crippen molar-refractivity contribution >= 4 is 39.2 Å². The minimum atomic E-state index is -3.99. The molecule has 0 radical (unpaired) electrons. The van der Waals surface area contributed by atoms with Gasteiger partial charge in [0.15, 0.2) is 0 Å². The first kappa shape index (κ1) is 24.5. The van der Waals surface area contributed by atoms with Gasteiger partial charge in [0.05, 0.1) is 22.0 Å². The van der Waals surface area contributed by atoms with Crippen LogP contribution < -0.4 is 10.0 Å². The molecule has 0 bridgehead atoms. The molecule has 174 valence electrons. The number of benzene rings is 1. The molecule has 0 aliphatic rings. The molecule has 1 atom stereocenters. The average molecular weight is 489 g/mol. The number of aromatic nitrogens is 2. The minimum Gasteiger partial charge on any atom is -0.481 e. The van der Waals surface area contributed by atoms with Crippen molar-refractivity contribution in [2.45, 2.75) is 44.6 Å². The van der Waals surface area contributed by atoms with Gasteiger partial charge in [0.25, 0.3) is 10.0 Å². The molecule has 2 aromatic heterocycles. The Hall–Kier alpha value is -3.17. The third-order valence-electron chi connectivity index (χ3n) is 5.11. The first-order chi connectivity index (χ1) is 15.6. The lowest BCUT2D eigenvalue weighted by atomic mass is 9.99. The van der Waals surface area contributed by atoms with E-state index in [1.165, 1.54) is 24.4 Å². The number of carboxylic acids is 1. The van der Waals surface area contributed by atoms with Crippen molar-refractivity contribution in [1.82, 2.24) is 9.97 Å². The highest BCUT2D eigenvalue weighted by Gasteiger charge is 2.19. The number of pyridine rings is 2. The zero-order chi connectivity index (χ0) is 24.2. The van der Waals surface area contributed by atoms with E-state index in [0.717, 1.165) is 16.7 Å². The minimum absolute atomic E-state index is 0.0319. The van der Waals surface area contributed by atoms with E-state index in [-0.39, 0.29) is 29.0 Å². The van der Waals surface area contributed by atoms with Gasteiger partial charge in [0.1, 0.15) is 11.6 Å². The van der Waals surface area contributed by atoms with Crippen LogP contribution in [0.5, 0.6) is 0 Å². The summed E-state index contributed by atoms with van der Waals surface area (Å²) in [5.41, 5.74) is 3.29. The lowest BCUT2D eigenvalue weighted by Gasteiger charge is -2.16. The molecule has 33 heavy (non-hydrogen) atoms. The molecule has 0 spiro atoms. The van der Waals surface area contributed by atoms with Crippen LogP contribution in [0, 0.1) is 13.8 Å². The van der Waals surface area contributed by atoms with E-state index in [2.05, 4.69) is 20.0 Å². The second-order valence-electron chi connectivity index (χ2n) is 7.62. The van der Waals surface area contributed by atoms with Crippen molar-refractivity contribution in [3.8, 4) is 11.3 Å². The number of sulfonamides is 1. The molecule has 0 aliphatic heterocycles. The summed E-state index contributed by atoms with van der Waals surface area (Å²) in [5, 5.41) is 12.4. The molecular formula is C23H25ClN4O4S. The fraction of sp³-hybridized carbons (Fsp3) is 0.261. The number of hydrogen-bond donors (Lipinski definition) is 3. The standard InChI is InChI=1S/C23H25ClN4O4S/c1-4-16(12-21(29)30)26-20-13-17(10-11-25-20)33(31,32)28-19-9-8-18(24)23(27-19)22-14(2)6-5-7-15(22)3/h5-11,13,16H,4,12H2,1-3H3,(H,25,26)(H,27,28)(H,29,30). The Labute approximate surface area is 198 Å². The number of aliphatic carboxylic acids is 1. The summed E-state index contributed by atoms with van der Waals surface area (Å²) in [6.45, 7) is 5.72. The van der Waals surface area contributed by atoms with Crippen LogP contribution in [0.3, 0.4) is 0 Å². The van der Waals surface area contributed by atoms with E-state index in [1.54, 1.807) is 6.07 Å². The summed E-state index contributed by atoms with van der Waals surface area (Å²) < 4.78 is 28.5. The molecule has 0 amide bonds. The highest BCUT2D eigenvalue weighted by atomic mass is 35.5. The Kier molecular flexibility index (Phi) is 7.55. The summed E-state index contributed by atoms with van der Waals surface area (Å²) in [7, 11) is -3.99. The van der Waals surface area contributed by atoms with Crippen molar-refractivity contribution in [2.24, 2.45) is 0 Å². The predicted octanol–water partition coefficient (Wildman–Crippen LogP) is 4.88. The van der Waals surface area contributed by atoms with Crippen molar-refractivity contribution in [2.75, 3.05) is 10.0 Å². The Morgan fingerprint density at radius 1 is 1.12 bits per heavy atom. The fourth-order valence-electron chi connectivity index (χ4n) is 3.43. The van der Waals surface area contributed by atoms with Gasteiger partial charge < -0.3 is 10.4 Å². The normalized spacial score (nSPS) is 12.2. The molecular weight excluding hydrogens is 464 g/mol. The molecule has 10 heteroatoms. The second kappa shape index (κ2) is 10.2. The molecule has 1 aromatic carbocycles. The van der Waals surface area contributed by atoms with E-state index in [9.17, 15) is 13.2 Å². The number of carboxylic acid groups (broad SMARTS) is 1. The van der Waals surface area contributed by atoms with Crippen LogP contribution >= 0.6 is 11.6 Å². The summed E-state index contributed by atoms with van der Waals surface area (Å²) in [4.78, 5) is 19.6. The third-order valence-corrected chi connectivity index (χ3v) is 6.77. The number of carbonyl (C=O) groups is 1. The summed E-state index contributed by atoms with van der Waals surface area (Å²) in [6, 6.07) is 11.3. The maximum atomic E-state index is 13.0. The number of aryl methyl sites for hydroxylation is 2. The Morgan fingerprint density at radius 2 is 1.82 bits per heavy atom. The first-order valence-electron chi connectivity index (χ1n) is 10.3. The number of nitrogens with one attached hydrogen (secondary N) is 2. The molecule has 0 fully saturated rings. The van der Waals surface area contributed by atoms with Crippen LogP contribution in [0.4, 0.5) is 11.6 Å². The van der Waals surface area contributed by atoms with E-state index in [0.29, 0.717) is 17.1 Å². The van der Waals surface area contributed by atoms with Gasteiger partial charge in [-0.15, -0.1) is 0 Å². The van der Waals surface area contributed by atoms with Crippen LogP contribution in [0.25, 0.3) is 11.3 Å². The molecule has 3 N–H and O–H groups in total. The van der Waals surface area contributed by atoms with Crippen molar-refractivity contribution < 1.29 is 18.3 Å². The number of anilines is 2. The Morgan fingerprint density at radius 3 is 2.45 bits per heavy atom. The molecule has 2 heterocycles. The predicted molar refractivity (Wildman–Crippen MR) is 129 cm³/mol. The maximum absolute atomic E-state index is 13.0. The number of hydrogen-bond acceptors (Lipinski definition) is 6. The SMILES string of the molecule is CCC(CC(=O)O)Nc1cc(S(=O)(=O)Nc2ccc(Cl)c(-c3c(C)cccc3C)n2)ccn1. The Bertz CT molecular complexity index is 1260. The number of halogens is 1. The van der Waals surface area contributed by atoms with Crippen molar-refractivity contribution in [3.05, 3.63) is 64.8 Å². The van der Waals surface area contributed by atoms with Gasteiger partial charge in [-0.2, -0.15) is 0 Å². The molecule has 0 saturated carbocycles. The van der Waals surface area contributed by atoms with Crippen LogP contribution in [-0.2, 0) is 14.8 Å². The number of rotatable bonds is 9. The molecule has 3 aromatic rings.